The fraction of sp³-hybridized carbons (Fsp3) is 0.429. The smallest absolute Gasteiger partial charge is 0.310 e. The first-order valence-corrected chi connectivity index (χ1v) is 6.53. The Balaban J connectivity index is 2.08. The molecule has 1 saturated heterocycles. The largest absolute Gasteiger partial charge is 0.490 e. The fourth-order valence-electron chi connectivity index (χ4n) is 2.11. The Morgan fingerprint density at radius 3 is 2.60 bits per heavy atom. The van der Waals surface area contributed by atoms with Crippen molar-refractivity contribution in [3.63, 3.8) is 0 Å². The first-order valence-electron chi connectivity index (χ1n) is 6.53. The Morgan fingerprint density at radius 2 is 2.00 bits per heavy atom. The molecule has 0 atom stereocenters. The van der Waals surface area contributed by atoms with E-state index < -0.39 is 4.92 Å². The van der Waals surface area contributed by atoms with Crippen molar-refractivity contribution in [1.29, 1.82) is 0 Å². The van der Waals surface area contributed by atoms with Gasteiger partial charge < -0.3 is 14.5 Å². The molecule has 2 rings (SSSR count). The molecular weight excluding hydrogens is 258 g/mol. The van der Waals surface area contributed by atoms with Crippen LogP contribution < -0.4 is 4.74 Å². The lowest BCUT2D eigenvalue weighted by Crippen LogP contribution is -2.41. The third-order valence-electron chi connectivity index (χ3n) is 3.42. The van der Waals surface area contributed by atoms with Gasteiger partial charge in [-0.25, -0.2) is 0 Å². The van der Waals surface area contributed by atoms with Crippen molar-refractivity contribution in [1.82, 2.24) is 9.80 Å². The van der Waals surface area contributed by atoms with Crippen molar-refractivity contribution >= 4 is 11.8 Å². The molecule has 1 aromatic rings. The predicted molar refractivity (Wildman–Crippen MR) is 77.8 cm³/mol. The second-order valence-corrected chi connectivity index (χ2v) is 4.84. The van der Waals surface area contributed by atoms with Crippen LogP contribution in [-0.4, -0.2) is 55.1 Å². The molecule has 0 spiro atoms. The minimum Gasteiger partial charge on any atom is -0.490 e. The van der Waals surface area contributed by atoms with E-state index in [1.807, 2.05) is 12.3 Å². The zero-order valence-electron chi connectivity index (χ0n) is 11.8. The van der Waals surface area contributed by atoms with E-state index in [2.05, 4.69) is 16.8 Å². The summed E-state index contributed by atoms with van der Waals surface area (Å²) in [6, 6.07) is 4.89. The molecule has 6 nitrogen and oxygen atoms in total. The van der Waals surface area contributed by atoms with Crippen LogP contribution >= 0.6 is 0 Å². The van der Waals surface area contributed by atoms with E-state index >= 15 is 0 Å². The summed E-state index contributed by atoms with van der Waals surface area (Å²) >= 11 is 0. The van der Waals surface area contributed by atoms with Gasteiger partial charge in [0.2, 0.25) is 0 Å². The molecule has 1 aliphatic heterocycles. The van der Waals surface area contributed by atoms with Gasteiger partial charge in [0.15, 0.2) is 5.75 Å². The van der Waals surface area contributed by atoms with Crippen molar-refractivity contribution in [2.75, 3.05) is 40.3 Å². The van der Waals surface area contributed by atoms with Gasteiger partial charge in [0.25, 0.3) is 0 Å². The summed E-state index contributed by atoms with van der Waals surface area (Å²) in [5, 5.41) is 10.8. The molecule has 0 aliphatic carbocycles. The van der Waals surface area contributed by atoms with E-state index in [4.69, 9.17) is 4.74 Å². The molecule has 20 heavy (non-hydrogen) atoms. The van der Waals surface area contributed by atoms with E-state index in [9.17, 15) is 10.1 Å². The Kier molecular flexibility index (Phi) is 4.57. The fourth-order valence-corrected chi connectivity index (χ4v) is 2.11. The van der Waals surface area contributed by atoms with E-state index in [-0.39, 0.29) is 11.4 Å². The molecule has 0 radical (unpaired) electrons. The first-order chi connectivity index (χ1) is 9.60. The van der Waals surface area contributed by atoms with Crippen LogP contribution in [0.5, 0.6) is 5.75 Å². The summed E-state index contributed by atoms with van der Waals surface area (Å²) in [4.78, 5) is 14.9. The zero-order valence-corrected chi connectivity index (χ0v) is 11.8. The van der Waals surface area contributed by atoms with Crippen LogP contribution in [0.15, 0.2) is 24.4 Å². The minimum atomic E-state index is -0.438. The van der Waals surface area contributed by atoms with Crippen molar-refractivity contribution in [2.45, 2.75) is 0 Å². The number of nitrogens with zero attached hydrogens (tertiary/aromatic N) is 3. The van der Waals surface area contributed by atoms with Crippen LogP contribution in [0.3, 0.4) is 0 Å². The molecule has 0 bridgehead atoms. The van der Waals surface area contributed by atoms with Gasteiger partial charge in [-0.1, -0.05) is 0 Å². The average Bonchev–Trinajstić information content (AvgIpc) is 2.46. The SMILES string of the molecule is COc1cc(/C=C/N2CCN(C)CC2)ccc1[N+](=O)[O-]. The van der Waals surface area contributed by atoms with Gasteiger partial charge in [-0.3, -0.25) is 10.1 Å². The van der Waals surface area contributed by atoms with E-state index in [1.165, 1.54) is 13.2 Å². The first kappa shape index (κ1) is 14.3. The van der Waals surface area contributed by atoms with Gasteiger partial charge in [0, 0.05) is 32.2 Å². The van der Waals surface area contributed by atoms with Gasteiger partial charge >= 0.3 is 5.69 Å². The molecule has 0 unspecified atom stereocenters. The molecule has 1 fully saturated rings. The number of ether oxygens (including phenoxy) is 1. The van der Waals surface area contributed by atoms with Gasteiger partial charge in [-0.15, -0.1) is 0 Å². The molecule has 0 aromatic heterocycles. The van der Waals surface area contributed by atoms with Crippen LogP contribution in [0.25, 0.3) is 6.08 Å². The van der Waals surface area contributed by atoms with E-state index in [1.54, 1.807) is 12.1 Å². The van der Waals surface area contributed by atoms with Crippen LogP contribution in [0.2, 0.25) is 0 Å². The average molecular weight is 277 g/mol. The number of methoxy groups -OCH3 is 1. The Bertz CT molecular complexity index is 508. The molecule has 0 saturated carbocycles. The number of rotatable bonds is 4. The number of piperazine rings is 1. The molecule has 6 heteroatoms. The lowest BCUT2D eigenvalue weighted by molar-refractivity contribution is -0.385. The number of nitro groups is 1. The molecule has 1 aromatic carbocycles. The van der Waals surface area contributed by atoms with Gasteiger partial charge in [-0.2, -0.15) is 0 Å². The summed E-state index contributed by atoms with van der Waals surface area (Å²) in [6.45, 7) is 4.09. The maximum Gasteiger partial charge on any atom is 0.310 e. The predicted octanol–water partition coefficient (Wildman–Crippen LogP) is 1.82. The maximum absolute atomic E-state index is 10.8. The van der Waals surface area contributed by atoms with Gasteiger partial charge in [0.1, 0.15) is 0 Å². The van der Waals surface area contributed by atoms with Crippen LogP contribution in [0, 0.1) is 10.1 Å². The third kappa shape index (κ3) is 3.48. The highest BCUT2D eigenvalue weighted by Gasteiger charge is 2.14. The summed E-state index contributed by atoms with van der Waals surface area (Å²) in [5.74, 6) is 0.288. The maximum atomic E-state index is 10.8. The van der Waals surface area contributed by atoms with Crippen molar-refractivity contribution < 1.29 is 9.66 Å². The third-order valence-corrected chi connectivity index (χ3v) is 3.42. The second kappa shape index (κ2) is 6.38. The highest BCUT2D eigenvalue weighted by molar-refractivity contribution is 5.58. The summed E-state index contributed by atoms with van der Waals surface area (Å²) < 4.78 is 5.06. The van der Waals surface area contributed by atoms with Gasteiger partial charge in [-0.05, 0) is 37.0 Å². The van der Waals surface area contributed by atoms with E-state index in [0.717, 1.165) is 31.7 Å². The molecular formula is C14H19N3O3. The Hall–Kier alpha value is -2.08. The second-order valence-electron chi connectivity index (χ2n) is 4.84. The molecule has 108 valence electrons. The minimum absolute atomic E-state index is 0.00996. The number of hydrogen-bond donors (Lipinski definition) is 0. The van der Waals surface area contributed by atoms with Crippen molar-refractivity contribution in [3.8, 4) is 5.75 Å². The highest BCUT2D eigenvalue weighted by atomic mass is 16.6. The van der Waals surface area contributed by atoms with E-state index in [0.29, 0.717) is 0 Å². The summed E-state index contributed by atoms with van der Waals surface area (Å²) in [7, 11) is 3.55. The topological polar surface area (TPSA) is 58.8 Å². The number of likely N-dealkylation sites (N-methyl/N-ethyl adjacent to an activating group) is 1. The number of hydrogen-bond acceptors (Lipinski definition) is 5. The number of nitro benzene ring substituents is 1. The lowest BCUT2D eigenvalue weighted by atomic mass is 10.2. The molecule has 0 amide bonds. The van der Waals surface area contributed by atoms with Crippen LogP contribution in [0.1, 0.15) is 5.56 Å². The lowest BCUT2D eigenvalue weighted by Gasteiger charge is -2.31. The molecule has 1 heterocycles. The Labute approximate surface area is 118 Å². The van der Waals surface area contributed by atoms with Crippen LogP contribution in [-0.2, 0) is 0 Å². The molecule has 1 aliphatic rings. The monoisotopic (exact) mass is 277 g/mol. The molecule has 0 N–H and O–H groups in total. The van der Waals surface area contributed by atoms with Gasteiger partial charge in [0.05, 0.1) is 12.0 Å². The van der Waals surface area contributed by atoms with Crippen molar-refractivity contribution in [2.24, 2.45) is 0 Å². The quantitative estimate of drug-likeness (QED) is 0.620. The Morgan fingerprint density at radius 1 is 1.30 bits per heavy atom. The standard InChI is InChI=1S/C14H19N3O3/c1-15-7-9-16(10-8-15)6-5-12-3-4-13(17(18)19)14(11-12)20-2/h3-6,11H,7-10H2,1-2H3/b6-5+. The normalized spacial score (nSPS) is 16.6. The number of benzene rings is 1. The van der Waals surface area contributed by atoms with Crippen LogP contribution in [0.4, 0.5) is 5.69 Å². The summed E-state index contributed by atoms with van der Waals surface area (Å²) in [6.07, 6.45) is 3.99. The highest BCUT2D eigenvalue weighted by Crippen LogP contribution is 2.27. The van der Waals surface area contributed by atoms with Crippen molar-refractivity contribution in [3.05, 3.63) is 40.1 Å². The zero-order chi connectivity index (χ0) is 14.5. The summed E-state index contributed by atoms with van der Waals surface area (Å²) in [5.41, 5.74) is 0.885.